The zero-order valence-corrected chi connectivity index (χ0v) is 26.6. The van der Waals surface area contributed by atoms with E-state index in [0.29, 0.717) is 0 Å². The van der Waals surface area contributed by atoms with E-state index in [0.717, 1.165) is 19.3 Å². The molecule has 0 saturated carbocycles. The minimum Gasteiger partial charge on any atom is -0.302 e. The predicted molar refractivity (Wildman–Crippen MR) is 185 cm³/mol. The number of nitrogens with zero attached hydrogens (tertiary/aromatic N) is 1. The summed E-state index contributed by atoms with van der Waals surface area (Å²) in [6.45, 7) is 17.1. The van der Waals surface area contributed by atoms with Gasteiger partial charge in [0.15, 0.2) is 0 Å². The summed E-state index contributed by atoms with van der Waals surface area (Å²) in [5.74, 6) is 0. The molecule has 3 rings (SSSR count). The van der Waals surface area contributed by atoms with Crippen LogP contribution in [0.2, 0.25) is 0 Å². The van der Waals surface area contributed by atoms with Gasteiger partial charge in [0.05, 0.1) is 0 Å². The molecule has 41 heavy (non-hydrogen) atoms. The minimum absolute atomic E-state index is 0.227. The maximum absolute atomic E-state index is 3.81. The summed E-state index contributed by atoms with van der Waals surface area (Å²) in [5, 5.41) is 0. The van der Waals surface area contributed by atoms with Gasteiger partial charge in [0.1, 0.15) is 0 Å². The molecule has 214 valence electrons. The van der Waals surface area contributed by atoms with Crippen molar-refractivity contribution < 1.29 is 0 Å². The Bertz CT molecular complexity index is 1450. The number of allylic oxidation sites excluding steroid dienone is 9. The van der Waals surface area contributed by atoms with Crippen LogP contribution in [0, 0.1) is 27.7 Å². The van der Waals surface area contributed by atoms with Crippen molar-refractivity contribution in [1.82, 2.24) is 4.90 Å². The lowest BCUT2D eigenvalue weighted by atomic mass is 9.84. The van der Waals surface area contributed by atoms with Crippen molar-refractivity contribution >= 4 is 23.8 Å². The number of likely N-dealkylation sites (N-methyl/N-ethyl adjacent to an activating group) is 1. The Morgan fingerprint density at radius 2 is 1.51 bits per heavy atom. The number of rotatable bonds is 12. The van der Waals surface area contributed by atoms with Crippen molar-refractivity contribution in [3.8, 4) is 0 Å². The van der Waals surface area contributed by atoms with Crippen LogP contribution in [0.4, 0.5) is 0 Å². The van der Waals surface area contributed by atoms with Gasteiger partial charge in [-0.2, -0.15) is 0 Å². The van der Waals surface area contributed by atoms with Crippen molar-refractivity contribution in [2.24, 2.45) is 0 Å². The summed E-state index contributed by atoms with van der Waals surface area (Å²) in [6, 6.07) is 9.28. The smallest absolute Gasteiger partial charge is 0.0382 e. The van der Waals surface area contributed by atoms with E-state index < -0.39 is 0 Å². The lowest BCUT2D eigenvalue weighted by Gasteiger charge is -2.29. The second kappa shape index (κ2) is 15.4. The zero-order valence-electron chi connectivity index (χ0n) is 26.6. The van der Waals surface area contributed by atoms with Gasteiger partial charge in [-0.1, -0.05) is 111 Å². The van der Waals surface area contributed by atoms with Crippen LogP contribution in [0.1, 0.15) is 77.6 Å². The molecule has 1 unspecified atom stereocenters. The fourth-order valence-corrected chi connectivity index (χ4v) is 5.53. The highest BCUT2D eigenvalue weighted by Crippen LogP contribution is 2.37. The highest BCUT2D eigenvalue weighted by Gasteiger charge is 2.23. The molecule has 0 amide bonds. The third kappa shape index (κ3) is 7.75. The van der Waals surface area contributed by atoms with E-state index in [9.17, 15) is 0 Å². The number of hydrogen-bond acceptors (Lipinski definition) is 1. The van der Waals surface area contributed by atoms with E-state index in [1.54, 1.807) is 0 Å². The largest absolute Gasteiger partial charge is 0.302 e. The molecule has 0 radical (unpaired) electrons. The first-order chi connectivity index (χ1) is 19.7. The molecule has 2 aromatic rings. The van der Waals surface area contributed by atoms with Gasteiger partial charge in [-0.25, -0.2) is 0 Å². The zero-order chi connectivity index (χ0) is 29.9. The average molecular weight is 544 g/mol. The van der Waals surface area contributed by atoms with Gasteiger partial charge in [0, 0.05) is 6.04 Å². The minimum atomic E-state index is 0.227. The van der Waals surface area contributed by atoms with Crippen LogP contribution >= 0.6 is 0 Å². The van der Waals surface area contributed by atoms with Gasteiger partial charge < -0.3 is 4.90 Å². The molecular weight excluding hydrogens is 494 g/mol. The third-order valence-electron chi connectivity index (χ3n) is 8.25. The molecule has 0 aromatic heterocycles. The standard InChI is InChI=1S/C40H49N/c1-10-13-19-34-25-26-35(30(5)29(34)4)22-17-24-39(41(8)9)38(23-14-11-2)40(36-20-15-16-21-36)37-28-27-33(18-12-3)31(6)32(37)7/h10,12-15,17-23,25-28,39H,1,11,16,24H2,2-9H3/b18-12-,19-13-,22-17-,23-14+,40-38+. The third-order valence-corrected chi connectivity index (χ3v) is 8.25. The number of hydrogen-bond donors (Lipinski definition) is 0. The van der Waals surface area contributed by atoms with Crippen molar-refractivity contribution in [1.29, 1.82) is 0 Å². The molecule has 0 saturated heterocycles. The van der Waals surface area contributed by atoms with Crippen LogP contribution in [0.3, 0.4) is 0 Å². The molecule has 1 heteroatoms. The molecule has 0 bridgehead atoms. The van der Waals surface area contributed by atoms with Crippen molar-refractivity contribution in [3.05, 3.63) is 141 Å². The Morgan fingerprint density at radius 1 is 0.878 bits per heavy atom. The van der Waals surface area contributed by atoms with Crippen molar-refractivity contribution in [2.75, 3.05) is 14.1 Å². The molecule has 1 atom stereocenters. The van der Waals surface area contributed by atoms with E-state index in [2.05, 4.69) is 152 Å². The first-order valence-corrected chi connectivity index (χ1v) is 15.0. The topological polar surface area (TPSA) is 3.24 Å². The van der Waals surface area contributed by atoms with Gasteiger partial charge in [-0.05, 0) is 129 Å². The van der Waals surface area contributed by atoms with Crippen molar-refractivity contribution in [3.63, 3.8) is 0 Å². The first kappa shape index (κ1) is 31.8. The van der Waals surface area contributed by atoms with Gasteiger partial charge in [-0.15, -0.1) is 0 Å². The van der Waals surface area contributed by atoms with Gasteiger partial charge in [-0.3, -0.25) is 0 Å². The molecule has 0 spiro atoms. The molecule has 1 aliphatic rings. The molecule has 1 aliphatic carbocycles. The summed E-state index contributed by atoms with van der Waals surface area (Å²) >= 11 is 0. The van der Waals surface area contributed by atoms with Crippen molar-refractivity contribution in [2.45, 2.75) is 66.8 Å². The summed E-state index contributed by atoms with van der Waals surface area (Å²) in [4.78, 5) is 2.37. The summed E-state index contributed by atoms with van der Waals surface area (Å²) in [7, 11) is 4.41. The monoisotopic (exact) mass is 543 g/mol. The molecule has 1 nitrogen and oxygen atoms in total. The van der Waals surface area contributed by atoms with Crippen LogP contribution in [-0.2, 0) is 0 Å². The Balaban J connectivity index is 2.14. The van der Waals surface area contributed by atoms with E-state index in [1.165, 1.54) is 61.2 Å². The molecule has 2 aromatic carbocycles. The van der Waals surface area contributed by atoms with Gasteiger partial charge >= 0.3 is 0 Å². The SMILES string of the molecule is C=C/C=C\c1ccc(/C=C\CC(C(/C=C/CC)=C(\C2=CCC=C2)c2ccc(/C=C\C)c(C)c2C)N(C)C)c(C)c1C. The van der Waals surface area contributed by atoms with E-state index >= 15 is 0 Å². The van der Waals surface area contributed by atoms with Gasteiger partial charge in [0.25, 0.3) is 0 Å². The summed E-state index contributed by atoms with van der Waals surface area (Å²) < 4.78 is 0. The molecular formula is C40H49N. The van der Waals surface area contributed by atoms with Crippen LogP contribution in [-0.4, -0.2) is 25.0 Å². The summed E-state index contributed by atoms with van der Waals surface area (Å²) in [6.07, 6.45) is 29.5. The Kier molecular flexibility index (Phi) is 11.9. The van der Waals surface area contributed by atoms with Crippen LogP contribution in [0.25, 0.3) is 23.8 Å². The van der Waals surface area contributed by atoms with E-state index in [-0.39, 0.29) is 6.04 Å². The fraction of sp³-hybridized carbons (Fsp3) is 0.300. The van der Waals surface area contributed by atoms with E-state index in [1.807, 2.05) is 12.2 Å². The average Bonchev–Trinajstić information content (AvgIpc) is 3.49. The van der Waals surface area contributed by atoms with Gasteiger partial charge in [0.2, 0.25) is 0 Å². The normalized spacial score (nSPS) is 15.2. The summed E-state index contributed by atoms with van der Waals surface area (Å²) in [5.41, 5.74) is 14.5. The molecule has 0 aliphatic heterocycles. The Morgan fingerprint density at radius 3 is 2.10 bits per heavy atom. The molecule has 0 heterocycles. The fourth-order valence-electron chi connectivity index (χ4n) is 5.53. The lowest BCUT2D eigenvalue weighted by Crippen LogP contribution is -2.30. The second-order valence-corrected chi connectivity index (χ2v) is 11.1. The highest BCUT2D eigenvalue weighted by atomic mass is 15.1. The molecule has 0 fully saturated rings. The maximum Gasteiger partial charge on any atom is 0.0382 e. The Labute approximate surface area is 250 Å². The van der Waals surface area contributed by atoms with Crippen LogP contribution in [0.15, 0.2) is 96.7 Å². The second-order valence-electron chi connectivity index (χ2n) is 11.1. The predicted octanol–water partition coefficient (Wildman–Crippen LogP) is 10.8. The Hall–Kier alpha value is -3.68. The van der Waals surface area contributed by atoms with Crippen LogP contribution < -0.4 is 0 Å². The quantitative estimate of drug-likeness (QED) is 0.241. The number of benzene rings is 2. The van der Waals surface area contributed by atoms with Crippen LogP contribution in [0.5, 0.6) is 0 Å². The lowest BCUT2D eigenvalue weighted by molar-refractivity contribution is 0.337. The molecule has 0 N–H and O–H groups in total. The maximum atomic E-state index is 3.81. The highest BCUT2D eigenvalue weighted by molar-refractivity contribution is 5.89. The van der Waals surface area contributed by atoms with E-state index in [4.69, 9.17) is 0 Å². The first-order valence-electron chi connectivity index (χ1n) is 15.0.